The van der Waals surface area contributed by atoms with Crippen LogP contribution < -0.4 is 4.72 Å². The molecule has 0 saturated heterocycles. The molecule has 5 heteroatoms. The summed E-state index contributed by atoms with van der Waals surface area (Å²) in [6.45, 7) is 4.22. The number of hydrogen-bond acceptors (Lipinski definition) is 2. The predicted octanol–water partition coefficient (Wildman–Crippen LogP) is 2.37. The minimum absolute atomic E-state index is 0.368. The number of rotatable bonds is 5. The fraction of sp³-hybridized carbons (Fsp3) is 0.455. The van der Waals surface area contributed by atoms with Gasteiger partial charge in [-0.15, -0.1) is 0 Å². The molecule has 0 amide bonds. The van der Waals surface area contributed by atoms with Crippen LogP contribution in [0.5, 0.6) is 0 Å². The van der Waals surface area contributed by atoms with Crippen LogP contribution in [-0.4, -0.2) is 20.3 Å². The molecule has 0 bridgehead atoms. The summed E-state index contributed by atoms with van der Waals surface area (Å²) < 4.78 is 26.4. The zero-order chi connectivity index (χ0) is 12.2. The summed E-state index contributed by atoms with van der Waals surface area (Å²) in [5, 5.41) is 0.794. The van der Waals surface area contributed by atoms with Crippen molar-refractivity contribution in [3.8, 4) is 0 Å². The molecule has 3 nitrogen and oxygen atoms in total. The van der Waals surface area contributed by atoms with Crippen molar-refractivity contribution < 1.29 is 8.42 Å². The lowest BCUT2D eigenvalue weighted by molar-refractivity contribution is 0.580. The van der Waals surface area contributed by atoms with Gasteiger partial charge in [-0.25, -0.2) is 13.1 Å². The van der Waals surface area contributed by atoms with Gasteiger partial charge >= 0.3 is 0 Å². The number of benzene rings is 1. The van der Waals surface area contributed by atoms with Crippen molar-refractivity contribution in [3.63, 3.8) is 0 Å². The number of alkyl halides is 1. The fourth-order valence-electron chi connectivity index (χ4n) is 1.45. The zero-order valence-electron chi connectivity index (χ0n) is 9.46. The summed E-state index contributed by atoms with van der Waals surface area (Å²) in [4.78, 5) is 0.368. The van der Waals surface area contributed by atoms with Gasteiger partial charge in [-0.1, -0.05) is 33.6 Å². The van der Waals surface area contributed by atoms with Gasteiger partial charge in [-0.05, 0) is 31.9 Å². The second-order valence-corrected chi connectivity index (χ2v) is 6.24. The summed E-state index contributed by atoms with van der Waals surface area (Å²) in [7, 11) is -3.35. The Kier molecular flexibility index (Phi) is 4.95. The van der Waals surface area contributed by atoms with Crippen molar-refractivity contribution in [2.75, 3.05) is 11.9 Å². The molecule has 0 fully saturated rings. The fourth-order valence-corrected chi connectivity index (χ4v) is 3.03. The summed E-state index contributed by atoms with van der Waals surface area (Å²) in [6.07, 6.45) is 0.782. The monoisotopic (exact) mass is 305 g/mol. The summed E-state index contributed by atoms with van der Waals surface area (Å²) in [6, 6.07) is 5.34. The quantitative estimate of drug-likeness (QED) is 0.670. The van der Waals surface area contributed by atoms with Gasteiger partial charge in [0.05, 0.1) is 4.90 Å². The Morgan fingerprint density at radius 3 is 2.56 bits per heavy atom. The van der Waals surface area contributed by atoms with E-state index in [0.717, 1.165) is 22.9 Å². The Balaban J connectivity index is 2.90. The third-order valence-corrected chi connectivity index (χ3v) is 4.40. The molecule has 1 rings (SSSR count). The van der Waals surface area contributed by atoms with E-state index in [1.807, 2.05) is 26.0 Å². The van der Waals surface area contributed by atoms with E-state index in [4.69, 9.17) is 0 Å². The maximum Gasteiger partial charge on any atom is 0.240 e. The number of hydrogen-bond donors (Lipinski definition) is 1. The van der Waals surface area contributed by atoms with Crippen molar-refractivity contribution >= 4 is 26.0 Å². The molecule has 1 N–H and O–H groups in total. The van der Waals surface area contributed by atoms with Gasteiger partial charge in [0.1, 0.15) is 0 Å². The Bertz CT molecular complexity index is 457. The first-order valence-electron chi connectivity index (χ1n) is 5.10. The van der Waals surface area contributed by atoms with E-state index >= 15 is 0 Å². The van der Waals surface area contributed by atoms with Gasteiger partial charge in [0.15, 0.2) is 0 Å². The van der Waals surface area contributed by atoms with Gasteiger partial charge in [-0.2, -0.15) is 0 Å². The third kappa shape index (κ3) is 3.57. The molecule has 0 spiro atoms. The largest absolute Gasteiger partial charge is 0.240 e. The van der Waals surface area contributed by atoms with Crippen molar-refractivity contribution in [3.05, 3.63) is 29.3 Å². The highest BCUT2D eigenvalue weighted by molar-refractivity contribution is 9.09. The van der Waals surface area contributed by atoms with Gasteiger partial charge in [-0.3, -0.25) is 0 Å². The average molecular weight is 306 g/mol. The van der Waals surface area contributed by atoms with Gasteiger partial charge in [0.25, 0.3) is 0 Å². The van der Waals surface area contributed by atoms with Crippen molar-refractivity contribution in [1.29, 1.82) is 0 Å². The second kappa shape index (κ2) is 5.80. The standard InChI is InChI=1S/C11H16BrNO2S/c1-9-4-5-11(10(2)8-9)16(14,15)13-7-3-6-12/h4-5,8,13H,3,6-7H2,1-2H3. The maximum absolute atomic E-state index is 11.9. The van der Waals surface area contributed by atoms with Crippen LogP contribution in [0.3, 0.4) is 0 Å². The van der Waals surface area contributed by atoms with E-state index in [-0.39, 0.29) is 0 Å². The van der Waals surface area contributed by atoms with Crippen LogP contribution in [0.15, 0.2) is 23.1 Å². The van der Waals surface area contributed by atoms with Crippen LogP contribution in [-0.2, 0) is 10.0 Å². The lowest BCUT2D eigenvalue weighted by atomic mass is 10.2. The Morgan fingerprint density at radius 2 is 2.00 bits per heavy atom. The van der Waals surface area contributed by atoms with Crippen LogP contribution >= 0.6 is 15.9 Å². The molecular formula is C11H16BrNO2S. The molecule has 1 aromatic carbocycles. The smallest absolute Gasteiger partial charge is 0.211 e. The van der Waals surface area contributed by atoms with Gasteiger partial charge in [0.2, 0.25) is 10.0 Å². The van der Waals surface area contributed by atoms with Crippen LogP contribution in [0, 0.1) is 13.8 Å². The second-order valence-electron chi connectivity index (χ2n) is 3.71. The Hall–Kier alpha value is -0.390. The summed E-state index contributed by atoms with van der Waals surface area (Å²) in [5.41, 5.74) is 1.85. The molecule has 90 valence electrons. The first-order chi connectivity index (χ1) is 7.47. The highest BCUT2D eigenvalue weighted by Gasteiger charge is 2.15. The van der Waals surface area contributed by atoms with Crippen molar-refractivity contribution in [1.82, 2.24) is 4.72 Å². The summed E-state index contributed by atoms with van der Waals surface area (Å²) in [5.74, 6) is 0. The lowest BCUT2D eigenvalue weighted by Crippen LogP contribution is -2.25. The minimum atomic E-state index is -3.35. The highest BCUT2D eigenvalue weighted by Crippen LogP contribution is 2.16. The van der Waals surface area contributed by atoms with Gasteiger partial charge in [0, 0.05) is 11.9 Å². The molecule has 0 aliphatic carbocycles. The first-order valence-corrected chi connectivity index (χ1v) is 7.71. The number of sulfonamides is 1. The molecule has 0 heterocycles. The first kappa shape index (κ1) is 13.7. The number of nitrogens with one attached hydrogen (secondary N) is 1. The topological polar surface area (TPSA) is 46.2 Å². The summed E-state index contributed by atoms with van der Waals surface area (Å²) >= 11 is 3.26. The van der Waals surface area contributed by atoms with E-state index in [9.17, 15) is 8.42 Å². The highest BCUT2D eigenvalue weighted by atomic mass is 79.9. The van der Waals surface area contributed by atoms with E-state index in [0.29, 0.717) is 11.4 Å². The van der Waals surface area contributed by atoms with Crippen LogP contribution in [0.1, 0.15) is 17.5 Å². The predicted molar refractivity (Wildman–Crippen MR) is 69.5 cm³/mol. The molecule has 0 saturated carbocycles. The molecule has 1 aromatic rings. The maximum atomic E-state index is 11.9. The third-order valence-electron chi connectivity index (χ3n) is 2.22. The molecular weight excluding hydrogens is 290 g/mol. The lowest BCUT2D eigenvalue weighted by Gasteiger charge is -2.09. The molecule has 0 atom stereocenters. The van der Waals surface area contributed by atoms with Gasteiger partial charge < -0.3 is 0 Å². The van der Waals surface area contributed by atoms with Crippen molar-refractivity contribution in [2.24, 2.45) is 0 Å². The normalized spacial score (nSPS) is 11.7. The van der Waals surface area contributed by atoms with E-state index in [1.165, 1.54) is 0 Å². The number of aryl methyl sites for hydroxylation is 2. The minimum Gasteiger partial charge on any atom is -0.211 e. The molecule has 0 radical (unpaired) electrons. The number of halogens is 1. The SMILES string of the molecule is Cc1ccc(S(=O)(=O)NCCCBr)c(C)c1. The molecule has 0 aliphatic heterocycles. The average Bonchev–Trinajstić information content (AvgIpc) is 2.17. The molecule has 0 aromatic heterocycles. The van der Waals surface area contributed by atoms with E-state index in [2.05, 4.69) is 20.7 Å². The Morgan fingerprint density at radius 1 is 1.31 bits per heavy atom. The molecule has 0 unspecified atom stereocenters. The van der Waals surface area contributed by atoms with Crippen LogP contribution in [0.4, 0.5) is 0 Å². The van der Waals surface area contributed by atoms with Crippen LogP contribution in [0.2, 0.25) is 0 Å². The van der Waals surface area contributed by atoms with E-state index in [1.54, 1.807) is 6.07 Å². The zero-order valence-corrected chi connectivity index (χ0v) is 11.9. The molecule has 0 aliphatic rings. The molecule has 16 heavy (non-hydrogen) atoms. The van der Waals surface area contributed by atoms with E-state index < -0.39 is 10.0 Å². The van der Waals surface area contributed by atoms with Crippen molar-refractivity contribution in [2.45, 2.75) is 25.2 Å². The van der Waals surface area contributed by atoms with Crippen LogP contribution in [0.25, 0.3) is 0 Å². The Labute approximate surface area is 105 Å².